The van der Waals surface area contributed by atoms with E-state index in [2.05, 4.69) is 9.88 Å². The van der Waals surface area contributed by atoms with Gasteiger partial charge < -0.3 is 19.5 Å². The van der Waals surface area contributed by atoms with Crippen molar-refractivity contribution >= 4 is 17.3 Å². The quantitative estimate of drug-likeness (QED) is 0.838. The molecule has 22 heavy (non-hydrogen) atoms. The van der Waals surface area contributed by atoms with E-state index in [4.69, 9.17) is 9.47 Å². The van der Waals surface area contributed by atoms with E-state index in [1.54, 1.807) is 11.3 Å². The number of morpholine rings is 1. The molecule has 2 aromatic heterocycles. The van der Waals surface area contributed by atoms with Crippen LogP contribution in [0.1, 0.15) is 17.4 Å². The van der Waals surface area contributed by atoms with Crippen LogP contribution in [0.25, 0.3) is 5.65 Å². The summed E-state index contributed by atoms with van der Waals surface area (Å²) in [5, 5.41) is 9.22. The Kier molecular flexibility index (Phi) is 4.26. The number of hydrogen-bond donors (Lipinski definition) is 1. The number of aliphatic hydroxyl groups excluding tert-OH is 1. The predicted octanol–water partition coefficient (Wildman–Crippen LogP) is 0.708. The van der Waals surface area contributed by atoms with Crippen LogP contribution >= 0.6 is 0 Å². The number of carbonyl (C=O) groups is 1. The Balaban J connectivity index is 1.86. The predicted molar refractivity (Wildman–Crippen MR) is 80.2 cm³/mol. The molecule has 0 aliphatic carbocycles. The van der Waals surface area contributed by atoms with Gasteiger partial charge in [0.15, 0.2) is 5.69 Å². The van der Waals surface area contributed by atoms with Crippen LogP contribution in [-0.4, -0.2) is 59.5 Å². The van der Waals surface area contributed by atoms with Crippen molar-refractivity contribution in [2.24, 2.45) is 0 Å². The molecule has 3 heterocycles. The van der Waals surface area contributed by atoms with Crippen molar-refractivity contribution in [1.82, 2.24) is 9.38 Å². The molecule has 1 atom stereocenters. The van der Waals surface area contributed by atoms with Crippen molar-refractivity contribution in [3.05, 3.63) is 30.2 Å². The summed E-state index contributed by atoms with van der Waals surface area (Å²) >= 11 is 0. The number of imidazole rings is 1. The normalized spacial score (nSPS) is 18.6. The fourth-order valence-electron chi connectivity index (χ4n) is 2.59. The summed E-state index contributed by atoms with van der Waals surface area (Å²) in [5.41, 5.74) is 2.10. The van der Waals surface area contributed by atoms with Crippen LogP contribution in [0.4, 0.5) is 5.69 Å². The number of aliphatic hydroxyl groups is 1. The average molecular weight is 305 g/mol. The van der Waals surface area contributed by atoms with E-state index in [0.717, 1.165) is 12.2 Å². The summed E-state index contributed by atoms with van der Waals surface area (Å²) in [7, 11) is 0. The molecule has 2 aromatic rings. The molecule has 1 saturated heterocycles. The highest BCUT2D eigenvalue weighted by Gasteiger charge is 2.21. The molecular formula is C15H19N3O4. The number of fused-ring (bicyclic) bond motifs is 1. The molecule has 7 nitrogen and oxygen atoms in total. The third-order valence-corrected chi connectivity index (χ3v) is 3.69. The topological polar surface area (TPSA) is 76.3 Å². The maximum atomic E-state index is 11.9. The van der Waals surface area contributed by atoms with Crippen LogP contribution < -0.4 is 4.90 Å². The first-order valence-electron chi connectivity index (χ1n) is 7.34. The Morgan fingerprint density at radius 3 is 3.23 bits per heavy atom. The Hall–Kier alpha value is -2.12. The summed E-state index contributed by atoms with van der Waals surface area (Å²) in [6, 6.07) is 3.85. The highest BCUT2D eigenvalue weighted by Crippen LogP contribution is 2.20. The summed E-state index contributed by atoms with van der Waals surface area (Å²) in [4.78, 5) is 18.3. The van der Waals surface area contributed by atoms with Gasteiger partial charge in [-0.1, -0.05) is 0 Å². The lowest BCUT2D eigenvalue weighted by Gasteiger charge is -2.33. The number of pyridine rings is 1. The number of aromatic nitrogens is 2. The van der Waals surface area contributed by atoms with Gasteiger partial charge in [-0.15, -0.1) is 0 Å². The van der Waals surface area contributed by atoms with Crippen LogP contribution in [0.3, 0.4) is 0 Å². The first kappa shape index (κ1) is 14.8. The molecule has 0 radical (unpaired) electrons. The number of anilines is 1. The van der Waals surface area contributed by atoms with Gasteiger partial charge in [0.05, 0.1) is 32.1 Å². The summed E-state index contributed by atoms with van der Waals surface area (Å²) in [5.74, 6) is -0.380. The van der Waals surface area contributed by atoms with E-state index in [-0.39, 0.29) is 18.7 Å². The number of carbonyl (C=O) groups excluding carboxylic acids is 1. The second-order valence-electron chi connectivity index (χ2n) is 5.10. The molecule has 0 unspecified atom stereocenters. The molecule has 118 valence electrons. The highest BCUT2D eigenvalue weighted by atomic mass is 16.5. The van der Waals surface area contributed by atoms with Crippen LogP contribution in [-0.2, 0) is 9.47 Å². The van der Waals surface area contributed by atoms with Gasteiger partial charge in [-0.2, -0.15) is 0 Å². The number of ether oxygens (including phenoxy) is 2. The molecule has 3 rings (SSSR count). The zero-order valence-electron chi connectivity index (χ0n) is 12.4. The lowest BCUT2D eigenvalue weighted by molar-refractivity contribution is 0.00357. The summed E-state index contributed by atoms with van der Waals surface area (Å²) in [6.07, 6.45) is 3.17. The molecule has 0 amide bonds. The monoisotopic (exact) mass is 305 g/mol. The van der Waals surface area contributed by atoms with E-state index in [1.165, 1.54) is 6.20 Å². The van der Waals surface area contributed by atoms with Gasteiger partial charge in [-0.05, 0) is 13.0 Å². The second kappa shape index (κ2) is 6.33. The third kappa shape index (κ3) is 2.77. The molecule has 0 aromatic carbocycles. The maximum Gasteiger partial charge on any atom is 0.356 e. The standard InChI is InChI=1S/C15H19N3O4/c1-2-21-15(20)13-8-16-14-7-11(3-4-18(13)14)17-5-6-22-12(9-17)10-19/h3-4,7-8,12,19H,2,5-6,9-10H2,1H3/t12-/m0/s1. The van der Waals surface area contributed by atoms with Crippen molar-refractivity contribution in [2.45, 2.75) is 13.0 Å². The SMILES string of the molecule is CCOC(=O)c1cnc2cc(N3CCO[C@H](CO)C3)ccn12. The number of hydrogen-bond acceptors (Lipinski definition) is 6. The van der Waals surface area contributed by atoms with Gasteiger partial charge in [-0.25, -0.2) is 9.78 Å². The Morgan fingerprint density at radius 1 is 1.59 bits per heavy atom. The fraction of sp³-hybridized carbons (Fsp3) is 0.467. The lowest BCUT2D eigenvalue weighted by atomic mass is 10.2. The molecule has 0 spiro atoms. The van der Waals surface area contributed by atoms with Crippen molar-refractivity contribution in [2.75, 3.05) is 37.8 Å². The highest BCUT2D eigenvalue weighted by molar-refractivity contribution is 5.88. The lowest BCUT2D eigenvalue weighted by Crippen LogP contribution is -2.44. The van der Waals surface area contributed by atoms with Crippen LogP contribution in [0.15, 0.2) is 24.5 Å². The molecule has 1 aliphatic heterocycles. The van der Waals surface area contributed by atoms with Gasteiger partial charge in [0.1, 0.15) is 5.65 Å². The van der Waals surface area contributed by atoms with E-state index >= 15 is 0 Å². The minimum Gasteiger partial charge on any atom is -0.461 e. The fourth-order valence-corrected chi connectivity index (χ4v) is 2.59. The van der Waals surface area contributed by atoms with Crippen molar-refractivity contribution in [1.29, 1.82) is 0 Å². The van der Waals surface area contributed by atoms with Crippen LogP contribution in [0.2, 0.25) is 0 Å². The van der Waals surface area contributed by atoms with Crippen LogP contribution in [0.5, 0.6) is 0 Å². The van der Waals surface area contributed by atoms with Crippen molar-refractivity contribution in [3.8, 4) is 0 Å². The van der Waals surface area contributed by atoms with E-state index < -0.39 is 0 Å². The van der Waals surface area contributed by atoms with Crippen LogP contribution in [0, 0.1) is 0 Å². The molecule has 0 bridgehead atoms. The number of nitrogens with zero attached hydrogens (tertiary/aromatic N) is 3. The zero-order valence-corrected chi connectivity index (χ0v) is 12.4. The maximum absolute atomic E-state index is 11.9. The smallest absolute Gasteiger partial charge is 0.356 e. The average Bonchev–Trinajstić information content (AvgIpc) is 2.98. The van der Waals surface area contributed by atoms with E-state index in [1.807, 2.05) is 18.3 Å². The zero-order chi connectivity index (χ0) is 15.5. The van der Waals surface area contributed by atoms with Gasteiger partial charge in [0.2, 0.25) is 0 Å². The molecule has 1 N–H and O–H groups in total. The minimum atomic E-state index is -0.380. The number of esters is 1. The first-order valence-corrected chi connectivity index (χ1v) is 7.34. The largest absolute Gasteiger partial charge is 0.461 e. The third-order valence-electron chi connectivity index (χ3n) is 3.69. The minimum absolute atomic E-state index is 0.00906. The van der Waals surface area contributed by atoms with Gasteiger partial charge in [0, 0.05) is 31.0 Å². The molecule has 1 fully saturated rings. The van der Waals surface area contributed by atoms with Gasteiger partial charge in [-0.3, -0.25) is 4.40 Å². The first-order chi connectivity index (χ1) is 10.7. The van der Waals surface area contributed by atoms with Gasteiger partial charge in [0.25, 0.3) is 0 Å². The second-order valence-corrected chi connectivity index (χ2v) is 5.10. The summed E-state index contributed by atoms with van der Waals surface area (Å²) in [6.45, 7) is 4.10. The van der Waals surface area contributed by atoms with Gasteiger partial charge >= 0.3 is 5.97 Å². The Bertz CT molecular complexity index is 670. The molecule has 0 saturated carbocycles. The molecular weight excluding hydrogens is 286 g/mol. The summed E-state index contributed by atoms with van der Waals surface area (Å²) < 4.78 is 12.2. The molecule has 1 aliphatic rings. The van der Waals surface area contributed by atoms with E-state index in [9.17, 15) is 9.90 Å². The Morgan fingerprint density at radius 2 is 2.45 bits per heavy atom. The van der Waals surface area contributed by atoms with Crippen molar-refractivity contribution < 1.29 is 19.4 Å². The number of rotatable bonds is 4. The Labute approximate surface area is 128 Å². The van der Waals surface area contributed by atoms with E-state index in [0.29, 0.717) is 31.1 Å². The van der Waals surface area contributed by atoms with Crippen molar-refractivity contribution in [3.63, 3.8) is 0 Å². The molecule has 7 heteroatoms.